The van der Waals surface area contributed by atoms with Gasteiger partial charge in [0.25, 0.3) is 0 Å². The Hall–Kier alpha value is -3.50. The monoisotopic (exact) mass is 439 g/mol. The summed E-state index contributed by atoms with van der Waals surface area (Å²) in [6.45, 7) is 2.12. The zero-order valence-electron chi connectivity index (χ0n) is 17.0. The van der Waals surface area contributed by atoms with Crippen LogP contribution < -0.4 is 14.2 Å². The molecule has 1 N–H and O–H groups in total. The third kappa shape index (κ3) is 4.65. The highest BCUT2D eigenvalue weighted by Crippen LogP contribution is 2.21. The fourth-order valence-electron chi connectivity index (χ4n) is 2.90. The molecule has 2 heterocycles. The van der Waals surface area contributed by atoms with Crippen molar-refractivity contribution in [2.75, 3.05) is 20.3 Å². The predicted octanol–water partition coefficient (Wildman–Crippen LogP) is 2.47. The molecule has 0 atom stereocenters. The zero-order chi connectivity index (χ0) is 21.8. The van der Waals surface area contributed by atoms with Gasteiger partial charge in [0.05, 0.1) is 12.0 Å². The normalized spacial score (nSPS) is 11.5. The van der Waals surface area contributed by atoms with E-state index in [4.69, 9.17) is 9.47 Å². The number of nitrogens with zero attached hydrogens (tertiary/aromatic N) is 4. The maximum atomic E-state index is 12.3. The van der Waals surface area contributed by atoms with Crippen LogP contribution >= 0.6 is 0 Å². The van der Waals surface area contributed by atoms with Gasteiger partial charge in [0.2, 0.25) is 15.9 Å². The van der Waals surface area contributed by atoms with Crippen LogP contribution in [0.2, 0.25) is 0 Å². The van der Waals surface area contributed by atoms with Crippen LogP contribution in [0, 0.1) is 6.92 Å². The Kier molecular flexibility index (Phi) is 5.83. The van der Waals surface area contributed by atoms with Gasteiger partial charge in [0, 0.05) is 18.2 Å². The molecule has 160 valence electrons. The second-order valence-electron chi connectivity index (χ2n) is 6.75. The van der Waals surface area contributed by atoms with Gasteiger partial charge in [-0.3, -0.25) is 0 Å². The van der Waals surface area contributed by atoms with Crippen molar-refractivity contribution in [3.63, 3.8) is 0 Å². The lowest BCUT2D eigenvalue weighted by Gasteiger charge is -2.09. The molecule has 4 rings (SSSR count). The van der Waals surface area contributed by atoms with Gasteiger partial charge in [-0.2, -0.15) is 4.52 Å². The molecule has 0 bridgehead atoms. The first-order chi connectivity index (χ1) is 15.0. The highest BCUT2D eigenvalue weighted by atomic mass is 32.2. The lowest BCUT2D eigenvalue weighted by Crippen LogP contribution is -2.28. The molecule has 0 spiro atoms. The van der Waals surface area contributed by atoms with Gasteiger partial charge in [-0.15, -0.1) is 15.3 Å². The van der Waals surface area contributed by atoms with E-state index in [0.717, 1.165) is 16.9 Å². The molecular weight excluding hydrogens is 418 g/mol. The van der Waals surface area contributed by atoms with Crippen molar-refractivity contribution in [1.82, 2.24) is 24.5 Å². The van der Waals surface area contributed by atoms with E-state index in [-0.39, 0.29) is 18.0 Å². The Morgan fingerprint density at radius 2 is 1.71 bits per heavy atom. The summed E-state index contributed by atoms with van der Waals surface area (Å²) in [6, 6.07) is 17.4. The SMILES string of the molecule is COc1ccc(-c2nnc3ccc(OCCNS(=O)(=O)c4ccc(C)cc4)nn23)cc1. The predicted molar refractivity (Wildman–Crippen MR) is 115 cm³/mol. The molecule has 31 heavy (non-hydrogen) atoms. The minimum Gasteiger partial charge on any atom is -0.497 e. The van der Waals surface area contributed by atoms with Crippen LogP contribution in [0.5, 0.6) is 11.6 Å². The van der Waals surface area contributed by atoms with Crippen molar-refractivity contribution in [3.05, 3.63) is 66.2 Å². The molecule has 0 aliphatic carbocycles. The maximum Gasteiger partial charge on any atom is 0.240 e. The number of aromatic nitrogens is 4. The summed E-state index contributed by atoms with van der Waals surface area (Å²) in [5.41, 5.74) is 2.38. The average Bonchev–Trinajstić information content (AvgIpc) is 3.20. The molecule has 0 aliphatic heterocycles. The highest BCUT2D eigenvalue weighted by Gasteiger charge is 2.14. The molecule has 10 heteroatoms. The number of aryl methyl sites for hydroxylation is 1. The molecule has 0 unspecified atom stereocenters. The van der Waals surface area contributed by atoms with E-state index in [1.54, 1.807) is 48.0 Å². The van der Waals surface area contributed by atoms with Crippen LogP contribution in [0.4, 0.5) is 0 Å². The molecule has 0 saturated heterocycles. The summed E-state index contributed by atoms with van der Waals surface area (Å²) >= 11 is 0. The Morgan fingerprint density at radius 3 is 2.42 bits per heavy atom. The van der Waals surface area contributed by atoms with Crippen LogP contribution in [0.25, 0.3) is 17.0 Å². The Labute approximate surface area is 179 Å². The quantitative estimate of drug-likeness (QED) is 0.420. The molecule has 0 amide bonds. The van der Waals surface area contributed by atoms with Gasteiger partial charge >= 0.3 is 0 Å². The summed E-state index contributed by atoms with van der Waals surface area (Å²) in [4.78, 5) is 0.214. The number of ether oxygens (including phenoxy) is 2. The standard InChI is InChI=1S/C21H21N5O4S/c1-15-3-9-18(10-4-15)31(27,28)22-13-14-30-20-12-11-19-23-24-21(26(19)25-20)16-5-7-17(29-2)8-6-16/h3-12,22H,13-14H2,1-2H3. The molecule has 0 aliphatic rings. The Morgan fingerprint density at radius 1 is 0.968 bits per heavy atom. The minimum absolute atomic E-state index is 0.101. The number of fused-ring (bicyclic) bond motifs is 1. The second-order valence-corrected chi connectivity index (χ2v) is 8.52. The van der Waals surface area contributed by atoms with Gasteiger partial charge in [0.15, 0.2) is 11.5 Å². The number of rotatable bonds is 8. The van der Waals surface area contributed by atoms with Crippen molar-refractivity contribution in [3.8, 4) is 23.0 Å². The largest absolute Gasteiger partial charge is 0.497 e. The number of benzene rings is 2. The summed E-state index contributed by atoms with van der Waals surface area (Å²) in [5, 5.41) is 12.7. The first kappa shape index (κ1) is 20.8. The molecular formula is C21H21N5O4S. The van der Waals surface area contributed by atoms with E-state index in [2.05, 4.69) is 20.0 Å². The molecule has 0 saturated carbocycles. The molecule has 2 aromatic heterocycles. The van der Waals surface area contributed by atoms with E-state index in [0.29, 0.717) is 17.4 Å². The van der Waals surface area contributed by atoms with Gasteiger partial charge in [0.1, 0.15) is 12.4 Å². The number of nitrogens with one attached hydrogen (secondary N) is 1. The van der Waals surface area contributed by atoms with Crippen molar-refractivity contribution in [2.24, 2.45) is 0 Å². The van der Waals surface area contributed by atoms with Crippen LogP contribution in [0.1, 0.15) is 5.56 Å². The van der Waals surface area contributed by atoms with Crippen molar-refractivity contribution >= 4 is 15.7 Å². The van der Waals surface area contributed by atoms with Crippen molar-refractivity contribution in [2.45, 2.75) is 11.8 Å². The van der Waals surface area contributed by atoms with Crippen molar-refractivity contribution < 1.29 is 17.9 Å². The average molecular weight is 439 g/mol. The van der Waals surface area contributed by atoms with Crippen LogP contribution in [-0.4, -0.2) is 48.5 Å². The number of hydrogen-bond acceptors (Lipinski definition) is 7. The Bertz CT molecular complexity index is 1290. The molecule has 0 radical (unpaired) electrons. The van der Waals surface area contributed by atoms with Crippen LogP contribution in [0.3, 0.4) is 0 Å². The fourth-order valence-corrected chi connectivity index (χ4v) is 3.91. The smallest absolute Gasteiger partial charge is 0.240 e. The first-order valence-electron chi connectivity index (χ1n) is 9.52. The van der Waals surface area contributed by atoms with Crippen LogP contribution in [-0.2, 0) is 10.0 Å². The van der Waals surface area contributed by atoms with E-state index in [1.165, 1.54) is 0 Å². The third-order valence-corrected chi connectivity index (χ3v) is 6.04. The minimum atomic E-state index is -3.59. The molecule has 2 aromatic carbocycles. The molecule has 4 aromatic rings. The topological polar surface area (TPSA) is 108 Å². The number of methoxy groups -OCH3 is 1. The second kappa shape index (κ2) is 8.70. The van der Waals surface area contributed by atoms with E-state index in [9.17, 15) is 8.42 Å². The van der Waals surface area contributed by atoms with E-state index < -0.39 is 10.0 Å². The lowest BCUT2D eigenvalue weighted by atomic mass is 10.2. The van der Waals surface area contributed by atoms with Gasteiger partial charge in [-0.1, -0.05) is 17.7 Å². The first-order valence-corrected chi connectivity index (χ1v) is 11.0. The van der Waals surface area contributed by atoms with Gasteiger partial charge in [-0.05, 0) is 49.4 Å². The summed E-state index contributed by atoms with van der Waals surface area (Å²) < 4.78 is 39.6. The number of sulfonamides is 1. The summed E-state index contributed by atoms with van der Waals surface area (Å²) in [6.07, 6.45) is 0. The number of hydrogen-bond donors (Lipinski definition) is 1. The molecule has 9 nitrogen and oxygen atoms in total. The van der Waals surface area contributed by atoms with E-state index >= 15 is 0 Å². The summed E-state index contributed by atoms with van der Waals surface area (Å²) in [7, 11) is -1.99. The fraction of sp³-hybridized carbons (Fsp3) is 0.190. The highest BCUT2D eigenvalue weighted by molar-refractivity contribution is 7.89. The lowest BCUT2D eigenvalue weighted by molar-refractivity contribution is 0.306. The zero-order valence-corrected chi connectivity index (χ0v) is 17.8. The third-order valence-electron chi connectivity index (χ3n) is 4.56. The molecule has 0 fully saturated rings. The van der Waals surface area contributed by atoms with E-state index in [1.807, 2.05) is 31.2 Å². The Balaban J connectivity index is 1.42. The van der Waals surface area contributed by atoms with Gasteiger partial charge in [-0.25, -0.2) is 13.1 Å². The van der Waals surface area contributed by atoms with Crippen LogP contribution in [0.15, 0.2) is 65.6 Å². The maximum absolute atomic E-state index is 12.3. The van der Waals surface area contributed by atoms with Crippen molar-refractivity contribution in [1.29, 1.82) is 0 Å². The van der Waals surface area contributed by atoms with Gasteiger partial charge < -0.3 is 9.47 Å². The summed E-state index contributed by atoms with van der Waals surface area (Å²) in [5.74, 6) is 1.63.